The van der Waals surface area contributed by atoms with Gasteiger partial charge in [0, 0.05) is 24.8 Å². The molecule has 0 atom stereocenters. The first-order chi connectivity index (χ1) is 15.6. The number of anilines is 1. The Hall–Kier alpha value is -3.46. The van der Waals surface area contributed by atoms with Gasteiger partial charge in [-0.1, -0.05) is 64.9 Å². The summed E-state index contributed by atoms with van der Waals surface area (Å²) in [5, 5.41) is 13.1. The van der Waals surface area contributed by atoms with Crippen LogP contribution in [0.1, 0.15) is 17.5 Å². The number of nitrogens with zero attached hydrogens (tertiary/aromatic N) is 6. The van der Waals surface area contributed by atoms with Crippen molar-refractivity contribution < 1.29 is 9.32 Å². The summed E-state index contributed by atoms with van der Waals surface area (Å²) in [4.78, 5) is 19.2. The standard InChI is InChI=1S/C23H22N6O2S/c1-15-9-11-17(12-10-15)20-24-22(31-27-20)21-25-26-23(28(21)2)32-14-19(30)29-13-5-7-16-6-3-4-8-18(16)29/h3-4,6,8-12H,5,7,13-14H2,1-2H3. The van der Waals surface area contributed by atoms with E-state index >= 15 is 0 Å². The first-order valence-corrected chi connectivity index (χ1v) is 11.4. The maximum atomic E-state index is 12.9. The van der Waals surface area contributed by atoms with Gasteiger partial charge in [-0.3, -0.25) is 4.79 Å². The zero-order valence-corrected chi connectivity index (χ0v) is 18.7. The highest BCUT2D eigenvalue weighted by molar-refractivity contribution is 7.99. The van der Waals surface area contributed by atoms with E-state index in [0.29, 0.717) is 22.7 Å². The van der Waals surface area contributed by atoms with Crippen LogP contribution in [0.5, 0.6) is 0 Å². The Morgan fingerprint density at radius 2 is 1.94 bits per heavy atom. The van der Waals surface area contributed by atoms with Crippen molar-refractivity contribution in [2.75, 3.05) is 17.2 Å². The fraction of sp³-hybridized carbons (Fsp3) is 0.261. The molecule has 1 aliphatic rings. The van der Waals surface area contributed by atoms with E-state index < -0.39 is 0 Å². The van der Waals surface area contributed by atoms with Gasteiger partial charge in [0.25, 0.3) is 5.89 Å². The highest BCUT2D eigenvalue weighted by Gasteiger charge is 2.24. The second-order valence-electron chi connectivity index (χ2n) is 7.72. The van der Waals surface area contributed by atoms with E-state index in [0.717, 1.165) is 36.2 Å². The summed E-state index contributed by atoms with van der Waals surface area (Å²) in [6, 6.07) is 16.0. The van der Waals surface area contributed by atoms with E-state index in [-0.39, 0.29) is 11.7 Å². The maximum absolute atomic E-state index is 12.9. The van der Waals surface area contributed by atoms with Gasteiger partial charge < -0.3 is 14.0 Å². The second kappa shape index (κ2) is 8.58. The van der Waals surface area contributed by atoms with Crippen LogP contribution < -0.4 is 4.90 Å². The van der Waals surface area contributed by atoms with Crippen LogP contribution in [0.3, 0.4) is 0 Å². The molecule has 0 aliphatic carbocycles. The minimum absolute atomic E-state index is 0.0612. The lowest BCUT2D eigenvalue weighted by atomic mass is 10.0. The Bertz CT molecular complexity index is 1260. The maximum Gasteiger partial charge on any atom is 0.296 e. The highest BCUT2D eigenvalue weighted by atomic mass is 32.2. The highest BCUT2D eigenvalue weighted by Crippen LogP contribution is 2.29. The van der Waals surface area contributed by atoms with E-state index in [4.69, 9.17) is 4.52 Å². The largest absolute Gasteiger partial charge is 0.330 e. The summed E-state index contributed by atoms with van der Waals surface area (Å²) < 4.78 is 7.19. The van der Waals surface area contributed by atoms with Gasteiger partial charge in [0.15, 0.2) is 5.16 Å². The number of amides is 1. The molecule has 32 heavy (non-hydrogen) atoms. The van der Waals surface area contributed by atoms with Crippen LogP contribution in [0, 0.1) is 6.92 Å². The van der Waals surface area contributed by atoms with E-state index in [9.17, 15) is 4.79 Å². The minimum atomic E-state index is 0.0612. The molecule has 0 N–H and O–H groups in total. The van der Waals surface area contributed by atoms with Crippen molar-refractivity contribution in [2.45, 2.75) is 24.9 Å². The minimum Gasteiger partial charge on any atom is -0.330 e. The number of hydrogen-bond donors (Lipinski definition) is 0. The fourth-order valence-electron chi connectivity index (χ4n) is 3.76. The molecule has 0 saturated carbocycles. The Morgan fingerprint density at radius 1 is 1.12 bits per heavy atom. The van der Waals surface area contributed by atoms with Crippen molar-refractivity contribution >= 4 is 23.4 Å². The molecule has 3 heterocycles. The van der Waals surface area contributed by atoms with Gasteiger partial charge in [-0.2, -0.15) is 4.98 Å². The summed E-state index contributed by atoms with van der Waals surface area (Å²) >= 11 is 1.35. The molecule has 2 aromatic heterocycles. The zero-order chi connectivity index (χ0) is 22.1. The summed E-state index contributed by atoms with van der Waals surface area (Å²) in [7, 11) is 1.83. The number of aromatic nitrogens is 5. The second-order valence-corrected chi connectivity index (χ2v) is 8.66. The molecular weight excluding hydrogens is 424 g/mol. The predicted molar refractivity (Wildman–Crippen MR) is 122 cm³/mol. The topological polar surface area (TPSA) is 89.9 Å². The number of thioether (sulfide) groups is 1. The zero-order valence-electron chi connectivity index (χ0n) is 17.9. The summed E-state index contributed by atoms with van der Waals surface area (Å²) in [6.45, 7) is 2.77. The number of benzene rings is 2. The van der Waals surface area contributed by atoms with Crippen molar-refractivity contribution in [1.29, 1.82) is 0 Å². The van der Waals surface area contributed by atoms with Crippen LogP contribution in [0.2, 0.25) is 0 Å². The fourth-order valence-corrected chi connectivity index (χ4v) is 4.54. The third-order valence-electron chi connectivity index (χ3n) is 5.50. The smallest absolute Gasteiger partial charge is 0.296 e. The molecule has 0 radical (unpaired) electrons. The average molecular weight is 447 g/mol. The molecule has 5 rings (SSSR count). The van der Waals surface area contributed by atoms with Gasteiger partial charge in [-0.15, -0.1) is 10.2 Å². The van der Waals surface area contributed by atoms with Crippen LogP contribution in [0.15, 0.2) is 58.2 Å². The number of rotatable bonds is 5. The van der Waals surface area contributed by atoms with Crippen molar-refractivity contribution in [2.24, 2.45) is 7.05 Å². The molecule has 0 saturated heterocycles. The van der Waals surface area contributed by atoms with E-state index in [1.807, 2.05) is 61.3 Å². The van der Waals surface area contributed by atoms with E-state index in [2.05, 4.69) is 26.4 Å². The van der Waals surface area contributed by atoms with Crippen LogP contribution in [0.4, 0.5) is 5.69 Å². The van der Waals surface area contributed by atoms with Gasteiger partial charge in [0.1, 0.15) is 0 Å². The molecule has 1 aliphatic heterocycles. The first kappa shape index (κ1) is 20.4. The Kier molecular flexibility index (Phi) is 5.48. The third kappa shape index (κ3) is 3.91. The lowest BCUT2D eigenvalue weighted by Gasteiger charge is -2.29. The number of para-hydroxylation sites is 1. The Morgan fingerprint density at radius 3 is 2.78 bits per heavy atom. The van der Waals surface area contributed by atoms with Gasteiger partial charge in [-0.05, 0) is 31.4 Å². The number of fused-ring (bicyclic) bond motifs is 1. The van der Waals surface area contributed by atoms with Crippen molar-refractivity contribution in [3.8, 4) is 23.1 Å². The quantitative estimate of drug-likeness (QED) is 0.429. The van der Waals surface area contributed by atoms with Gasteiger partial charge >= 0.3 is 0 Å². The monoisotopic (exact) mass is 446 g/mol. The molecule has 162 valence electrons. The SMILES string of the molecule is Cc1ccc(-c2noc(-c3nnc(SCC(=O)N4CCCc5ccccc54)n3C)n2)cc1. The van der Waals surface area contributed by atoms with Crippen molar-refractivity contribution in [1.82, 2.24) is 24.9 Å². The predicted octanol–water partition coefficient (Wildman–Crippen LogP) is 3.91. The number of carbonyl (C=O) groups excluding carboxylic acids is 1. The van der Waals surface area contributed by atoms with Crippen LogP contribution >= 0.6 is 11.8 Å². The Balaban J connectivity index is 1.29. The molecule has 9 heteroatoms. The Labute approximate surface area is 189 Å². The average Bonchev–Trinajstić information content (AvgIpc) is 3.44. The molecular formula is C23H22N6O2S. The number of carbonyl (C=O) groups is 1. The molecule has 2 aromatic carbocycles. The lowest BCUT2D eigenvalue weighted by molar-refractivity contribution is -0.116. The van der Waals surface area contributed by atoms with Gasteiger partial charge in [0.05, 0.1) is 5.75 Å². The number of aryl methyl sites for hydroxylation is 2. The third-order valence-corrected chi connectivity index (χ3v) is 6.50. The summed E-state index contributed by atoms with van der Waals surface area (Å²) in [5.74, 6) is 1.59. The molecule has 0 fully saturated rings. The van der Waals surface area contributed by atoms with Crippen LogP contribution in [0.25, 0.3) is 23.1 Å². The first-order valence-electron chi connectivity index (χ1n) is 10.4. The van der Waals surface area contributed by atoms with Crippen molar-refractivity contribution in [3.63, 3.8) is 0 Å². The number of hydrogen-bond acceptors (Lipinski definition) is 7. The summed E-state index contributed by atoms with van der Waals surface area (Å²) in [5.41, 5.74) is 4.26. The summed E-state index contributed by atoms with van der Waals surface area (Å²) in [6.07, 6.45) is 1.98. The lowest BCUT2D eigenvalue weighted by Crippen LogP contribution is -2.36. The van der Waals surface area contributed by atoms with Crippen LogP contribution in [-0.2, 0) is 18.3 Å². The molecule has 0 unspecified atom stereocenters. The van der Waals surface area contributed by atoms with Crippen molar-refractivity contribution in [3.05, 3.63) is 59.7 Å². The van der Waals surface area contributed by atoms with Gasteiger partial charge in [-0.25, -0.2) is 0 Å². The van der Waals surface area contributed by atoms with E-state index in [1.54, 1.807) is 4.57 Å². The molecule has 8 nitrogen and oxygen atoms in total. The van der Waals surface area contributed by atoms with Gasteiger partial charge in [0.2, 0.25) is 17.6 Å². The molecule has 4 aromatic rings. The molecule has 0 spiro atoms. The van der Waals surface area contributed by atoms with E-state index in [1.165, 1.54) is 17.3 Å². The van der Waals surface area contributed by atoms with Crippen LogP contribution in [-0.4, -0.2) is 43.1 Å². The molecule has 0 bridgehead atoms. The molecule has 1 amide bonds. The normalized spacial score (nSPS) is 13.2.